The van der Waals surface area contributed by atoms with Crippen LogP contribution in [0.5, 0.6) is 11.5 Å². The maximum Gasteiger partial charge on any atom is 0.302 e. The van der Waals surface area contributed by atoms with E-state index in [1.165, 1.54) is 17.3 Å². The van der Waals surface area contributed by atoms with Gasteiger partial charge in [0.15, 0.2) is 0 Å². The average molecular weight is 431 g/mol. The van der Waals surface area contributed by atoms with Gasteiger partial charge in [0.1, 0.15) is 17.3 Å². The highest BCUT2D eigenvalue weighted by Gasteiger charge is 2.48. The Bertz CT molecular complexity index is 1160. The second kappa shape index (κ2) is 8.89. The van der Waals surface area contributed by atoms with E-state index in [1.54, 1.807) is 61.7 Å². The normalized spacial score (nSPS) is 17.4. The highest BCUT2D eigenvalue weighted by atomic mass is 16.5. The van der Waals surface area contributed by atoms with Gasteiger partial charge < -0.3 is 14.6 Å². The Morgan fingerprint density at radius 3 is 2.22 bits per heavy atom. The lowest BCUT2D eigenvalue weighted by atomic mass is 9.95. The zero-order valence-electron chi connectivity index (χ0n) is 17.6. The number of carbonyl (C=O) groups is 2. The number of anilines is 1. The minimum atomic E-state index is -0.908. The lowest BCUT2D eigenvalue weighted by molar-refractivity contribution is -0.132. The fourth-order valence-electron chi connectivity index (χ4n) is 3.59. The molecule has 1 aliphatic rings. The Labute approximate surface area is 184 Å². The summed E-state index contributed by atoms with van der Waals surface area (Å²) in [7, 11) is 1.55. The molecule has 0 bridgehead atoms. The van der Waals surface area contributed by atoms with Gasteiger partial charge in [0.05, 0.1) is 25.3 Å². The summed E-state index contributed by atoms with van der Waals surface area (Å²) < 4.78 is 10.7. The number of Topliss-reactive ketones (excluding diaryl/α,β-unsaturated/α-hetero) is 1. The first-order valence-corrected chi connectivity index (χ1v) is 10.00. The number of amides is 1. The first-order chi connectivity index (χ1) is 15.5. The molecule has 0 radical (unpaired) electrons. The molecule has 3 aromatic rings. The largest absolute Gasteiger partial charge is 0.507 e. The van der Waals surface area contributed by atoms with Crippen LogP contribution in [0, 0.1) is 0 Å². The van der Waals surface area contributed by atoms with Crippen LogP contribution in [0.25, 0.3) is 5.76 Å². The van der Waals surface area contributed by atoms with Gasteiger partial charge in [-0.25, -0.2) is 9.97 Å². The van der Waals surface area contributed by atoms with E-state index in [1.807, 2.05) is 6.92 Å². The van der Waals surface area contributed by atoms with Gasteiger partial charge in [-0.2, -0.15) is 0 Å². The van der Waals surface area contributed by atoms with E-state index < -0.39 is 17.7 Å². The number of aliphatic hydroxyl groups excluding tert-OH is 1. The summed E-state index contributed by atoms with van der Waals surface area (Å²) in [6.45, 7) is 2.38. The number of ketones is 1. The first-order valence-electron chi connectivity index (χ1n) is 10.00. The Balaban J connectivity index is 1.87. The van der Waals surface area contributed by atoms with Crippen LogP contribution in [0.4, 0.5) is 5.95 Å². The van der Waals surface area contributed by atoms with Gasteiger partial charge in [0, 0.05) is 18.0 Å². The van der Waals surface area contributed by atoms with Gasteiger partial charge >= 0.3 is 5.91 Å². The van der Waals surface area contributed by atoms with Crippen molar-refractivity contribution >= 4 is 23.4 Å². The van der Waals surface area contributed by atoms with Crippen molar-refractivity contribution in [2.75, 3.05) is 18.6 Å². The van der Waals surface area contributed by atoms with E-state index in [-0.39, 0.29) is 17.3 Å². The Hall–Kier alpha value is -4.20. The third kappa shape index (κ3) is 3.78. The Morgan fingerprint density at radius 1 is 1.00 bits per heavy atom. The highest BCUT2D eigenvalue weighted by molar-refractivity contribution is 6.51. The van der Waals surface area contributed by atoms with E-state index in [9.17, 15) is 14.7 Å². The van der Waals surface area contributed by atoms with Gasteiger partial charge in [-0.05, 0) is 55.0 Å². The standard InChI is InChI=1S/C24H21N3O5/c1-3-32-18-11-7-16(8-12-18)21(28)19-20(15-5-9-17(31-2)10-6-15)27(23(30)22(19)29)24-25-13-4-14-26-24/h4-14,20,28H,3H2,1-2H3/b21-19-. The number of aromatic nitrogens is 2. The molecule has 1 atom stereocenters. The summed E-state index contributed by atoms with van der Waals surface area (Å²) >= 11 is 0. The van der Waals surface area contributed by atoms with Crippen molar-refractivity contribution in [1.82, 2.24) is 9.97 Å². The van der Waals surface area contributed by atoms with E-state index in [0.717, 1.165) is 0 Å². The molecule has 4 rings (SSSR count). The number of hydrogen-bond acceptors (Lipinski definition) is 7. The third-order valence-electron chi connectivity index (χ3n) is 5.08. The van der Waals surface area contributed by atoms with Gasteiger partial charge in [-0.3, -0.25) is 14.5 Å². The van der Waals surface area contributed by atoms with Gasteiger partial charge in [0.25, 0.3) is 5.78 Å². The number of benzene rings is 2. The maximum absolute atomic E-state index is 13.1. The third-order valence-corrected chi connectivity index (χ3v) is 5.08. The summed E-state index contributed by atoms with van der Waals surface area (Å²) in [4.78, 5) is 35.6. The molecule has 1 saturated heterocycles. The van der Waals surface area contributed by atoms with Crippen LogP contribution < -0.4 is 14.4 Å². The number of hydrogen-bond donors (Lipinski definition) is 1. The average Bonchev–Trinajstić information content (AvgIpc) is 3.10. The quantitative estimate of drug-likeness (QED) is 0.362. The van der Waals surface area contributed by atoms with Crippen molar-refractivity contribution in [2.45, 2.75) is 13.0 Å². The molecule has 0 saturated carbocycles. The monoisotopic (exact) mass is 431 g/mol. The zero-order chi connectivity index (χ0) is 22.7. The molecule has 2 aromatic carbocycles. The van der Waals surface area contributed by atoms with Gasteiger partial charge in [-0.15, -0.1) is 0 Å². The number of nitrogens with zero attached hydrogens (tertiary/aromatic N) is 3. The Morgan fingerprint density at radius 2 is 1.62 bits per heavy atom. The van der Waals surface area contributed by atoms with Gasteiger partial charge in [0.2, 0.25) is 5.95 Å². The number of aliphatic hydroxyl groups is 1. The first kappa shape index (κ1) is 21.0. The summed E-state index contributed by atoms with van der Waals surface area (Å²) in [6, 6.07) is 14.3. The number of ether oxygens (including phenoxy) is 2. The van der Waals surface area contributed by atoms with Crippen LogP contribution >= 0.6 is 0 Å². The van der Waals surface area contributed by atoms with Crippen molar-refractivity contribution in [1.29, 1.82) is 0 Å². The zero-order valence-corrected chi connectivity index (χ0v) is 17.6. The second-order valence-corrected chi connectivity index (χ2v) is 6.95. The predicted octanol–water partition coefficient (Wildman–Crippen LogP) is 3.51. The van der Waals surface area contributed by atoms with E-state index >= 15 is 0 Å². The van der Waals surface area contributed by atoms with Crippen LogP contribution in [0.1, 0.15) is 24.1 Å². The van der Waals surface area contributed by atoms with E-state index in [4.69, 9.17) is 9.47 Å². The molecule has 1 aliphatic heterocycles. The fourth-order valence-corrected chi connectivity index (χ4v) is 3.59. The van der Waals surface area contributed by atoms with Crippen LogP contribution in [0.3, 0.4) is 0 Å². The lowest BCUT2D eigenvalue weighted by Gasteiger charge is -2.23. The Kier molecular flexibility index (Phi) is 5.85. The SMILES string of the molecule is CCOc1ccc(/C(O)=C2/C(=O)C(=O)N(c3ncccn3)C2c2ccc(OC)cc2)cc1. The van der Waals surface area contributed by atoms with E-state index in [2.05, 4.69) is 9.97 Å². The number of rotatable bonds is 6. The molecular weight excluding hydrogens is 410 g/mol. The molecule has 0 aliphatic carbocycles. The number of carbonyl (C=O) groups excluding carboxylic acids is 2. The molecule has 1 N–H and O–H groups in total. The molecule has 1 amide bonds. The van der Waals surface area contributed by atoms with Crippen LogP contribution in [-0.4, -0.2) is 40.5 Å². The molecule has 32 heavy (non-hydrogen) atoms. The minimum absolute atomic E-state index is 0.0446. The van der Waals surface area contributed by atoms with Crippen molar-refractivity contribution in [2.24, 2.45) is 0 Å². The molecule has 1 fully saturated rings. The smallest absolute Gasteiger partial charge is 0.302 e. The van der Waals surface area contributed by atoms with Gasteiger partial charge in [-0.1, -0.05) is 12.1 Å². The molecule has 162 valence electrons. The molecular formula is C24H21N3O5. The topological polar surface area (TPSA) is 102 Å². The van der Waals surface area contributed by atoms with Crippen molar-refractivity contribution in [3.63, 3.8) is 0 Å². The second-order valence-electron chi connectivity index (χ2n) is 6.95. The van der Waals surface area contributed by atoms with Crippen molar-refractivity contribution in [3.8, 4) is 11.5 Å². The molecule has 0 spiro atoms. The lowest BCUT2D eigenvalue weighted by Crippen LogP contribution is -2.31. The van der Waals surface area contributed by atoms with Crippen molar-refractivity contribution in [3.05, 3.63) is 83.7 Å². The maximum atomic E-state index is 13.1. The van der Waals surface area contributed by atoms with E-state index in [0.29, 0.717) is 29.2 Å². The molecule has 1 aromatic heterocycles. The summed E-state index contributed by atoms with van der Waals surface area (Å²) in [6.07, 6.45) is 2.97. The van der Waals surface area contributed by atoms with Crippen LogP contribution in [-0.2, 0) is 9.59 Å². The molecule has 1 unspecified atom stereocenters. The number of methoxy groups -OCH3 is 1. The van der Waals surface area contributed by atoms with Crippen LogP contribution in [0.2, 0.25) is 0 Å². The molecule has 8 nitrogen and oxygen atoms in total. The fraction of sp³-hybridized carbons (Fsp3) is 0.167. The predicted molar refractivity (Wildman–Crippen MR) is 117 cm³/mol. The summed E-state index contributed by atoms with van der Waals surface area (Å²) in [5.74, 6) is -0.594. The highest BCUT2D eigenvalue weighted by Crippen LogP contribution is 2.41. The minimum Gasteiger partial charge on any atom is -0.507 e. The summed E-state index contributed by atoms with van der Waals surface area (Å²) in [5.41, 5.74) is 0.945. The summed E-state index contributed by atoms with van der Waals surface area (Å²) in [5, 5.41) is 11.1. The molecule has 8 heteroatoms. The van der Waals surface area contributed by atoms with Crippen LogP contribution in [0.15, 0.2) is 72.6 Å². The van der Waals surface area contributed by atoms with Crippen molar-refractivity contribution < 1.29 is 24.2 Å². The molecule has 2 heterocycles.